The van der Waals surface area contributed by atoms with E-state index in [4.69, 9.17) is 4.74 Å². The maximum absolute atomic E-state index is 12.1. The van der Waals surface area contributed by atoms with Crippen LogP contribution in [0.15, 0.2) is 12.2 Å². The summed E-state index contributed by atoms with van der Waals surface area (Å²) in [5, 5.41) is 19.3. The minimum atomic E-state index is -1.47. The first-order valence-electron chi connectivity index (χ1n) is 6.28. The van der Waals surface area contributed by atoms with Crippen molar-refractivity contribution in [3.63, 3.8) is 0 Å². The van der Waals surface area contributed by atoms with E-state index >= 15 is 0 Å². The molecule has 108 valence electrons. The number of allylic oxidation sites excluding steroid dienone is 1. The van der Waals surface area contributed by atoms with E-state index in [0.717, 1.165) is 4.90 Å². The molecule has 5 heteroatoms. The Balaban J connectivity index is 5.22. The standard InChI is InChI=1S/C14H24N2O3/c1-7-8-9-11(10-15)16(14(5,6)18)12(17)19-13(2,3)4/h7-8,11,18H,9H2,1-6H3. The van der Waals surface area contributed by atoms with Crippen molar-refractivity contribution >= 4 is 6.09 Å². The van der Waals surface area contributed by atoms with Crippen LogP contribution in [0.3, 0.4) is 0 Å². The fourth-order valence-electron chi connectivity index (χ4n) is 1.52. The van der Waals surface area contributed by atoms with E-state index in [1.165, 1.54) is 13.8 Å². The van der Waals surface area contributed by atoms with Crippen molar-refractivity contribution in [3.8, 4) is 6.07 Å². The number of rotatable bonds is 4. The number of nitriles is 1. The summed E-state index contributed by atoms with van der Waals surface area (Å²) in [5.41, 5.74) is -2.15. The molecule has 1 atom stereocenters. The SMILES string of the molecule is CC=CCC(C#N)N(C(=O)OC(C)(C)C)C(C)(C)O. The lowest BCUT2D eigenvalue weighted by atomic mass is 10.1. The second kappa shape index (κ2) is 6.58. The molecule has 0 aliphatic rings. The zero-order valence-electron chi connectivity index (χ0n) is 12.6. The number of hydrogen-bond donors (Lipinski definition) is 1. The molecule has 0 radical (unpaired) electrons. The first kappa shape index (κ1) is 17.5. The van der Waals surface area contributed by atoms with Crippen molar-refractivity contribution in [2.75, 3.05) is 0 Å². The Morgan fingerprint density at radius 2 is 1.95 bits per heavy atom. The molecule has 0 saturated carbocycles. The molecule has 1 N–H and O–H groups in total. The van der Waals surface area contributed by atoms with Gasteiger partial charge >= 0.3 is 6.09 Å². The van der Waals surface area contributed by atoms with Crippen molar-refractivity contribution in [2.45, 2.75) is 65.3 Å². The zero-order chi connectivity index (χ0) is 15.3. The van der Waals surface area contributed by atoms with Crippen LogP contribution >= 0.6 is 0 Å². The molecule has 5 nitrogen and oxygen atoms in total. The van der Waals surface area contributed by atoms with Crippen LogP contribution in [0.25, 0.3) is 0 Å². The first-order valence-corrected chi connectivity index (χ1v) is 6.28. The number of hydrogen-bond acceptors (Lipinski definition) is 4. The Bertz CT molecular complexity index is 370. The highest BCUT2D eigenvalue weighted by Gasteiger charge is 2.37. The lowest BCUT2D eigenvalue weighted by Crippen LogP contribution is -2.54. The molecule has 0 aromatic carbocycles. The Labute approximate surface area is 115 Å². The van der Waals surface area contributed by atoms with Gasteiger partial charge in [-0.05, 0) is 48.0 Å². The molecular weight excluding hydrogens is 244 g/mol. The molecule has 0 aliphatic carbocycles. The normalized spacial score (nSPS) is 14.0. The fraction of sp³-hybridized carbons (Fsp3) is 0.714. The lowest BCUT2D eigenvalue weighted by molar-refractivity contribution is -0.0917. The lowest BCUT2D eigenvalue weighted by Gasteiger charge is -2.37. The second-order valence-corrected chi connectivity index (χ2v) is 5.79. The van der Waals surface area contributed by atoms with E-state index in [-0.39, 0.29) is 0 Å². The molecule has 0 fully saturated rings. The molecular formula is C14H24N2O3. The molecule has 0 aromatic rings. The van der Waals surface area contributed by atoms with Gasteiger partial charge in [-0.2, -0.15) is 5.26 Å². The van der Waals surface area contributed by atoms with Crippen LogP contribution in [0.2, 0.25) is 0 Å². The number of amides is 1. The van der Waals surface area contributed by atoms with Gasteiger partial charge in [0.15, 0.2) is 0 Å². The summed E-state index contributed by atoms with van der Waals surface area (Å²) in [6.45, 7) is 9.95. The summed E-state index contributed by atoms with van der Waals surface area (Å²) in [6, 6.07) is 1.25. The Kier molecular flexibility index (Phi) is 6.04. The van der Waals surface area contributed by atoms with Crippen LogP contribution in [-0.4, -0.2) is 33.5 Å². The van der Waals surface area contributed by atoms with E-state index < -0.39 is 23.5 Å². The van der Waals surface area contributed by atoms with Crippen molar-refractivity contribution in [3.05, 3.63) is 12.2 Å². The molecule has 0 rings (SSSR count). The molecule has 0 spiro atoms. The summed E-state index contributed by atoms with van der Waals surface area (Å²) in [5.74, 6) is 0. The third-order valence-electron chi connectivity index (χ3n) is 2.24. The Morgan fingerprint density at radius 1 is 1.42 bits per heavy atom. The number of aliphatic hydroxyl groups is 1. The van der Waals surface area contributed by atoms with Gasteiger partial charge in [-0.3, -0.25) is 4.90 Å². The van der Waals surface area contributed by atoms with Gasteiger partial charge in [0.2, 0.25) is 0 Å². The molecule has 0 saturated heterocycles. The minimum Gasteiger partial charge on any atom is -0.444 e. The zero-order valence-corrected chi connectivity index (χ0v) is 12.6. The average Bonchev–Trinajstić information content (AvgIpc) is 2.19. The van der Waals surface area contributed by atoms with Crippen molar-refractivity contribution in [1.29, 1.82) is 5.26 Å². The van der Waals surface area contributed by atoms with E-state index in [2.05, 4.69) is 0 Å². The van der Waals surface area contributed by atoms with E-state index in [0.29, 0.717) is 6.42 Å². The number of carbonyl (C=O) groups excluding carboxylic acids is 1. The highest BCUT2D eigenvalue weighted by molar-refractivity contribution is 5.69. The van der Waals surface area contributed by atoms with Gasteiger partial charge in [-0.1, -0.05) is 12.2 Å². The molecule has 1 amide bonds. The van der Waals surface area contributed by atoms with E-state index in [1.807, 2.05) is 13.0 Å². The minimum absolute atomic E-state index is 0.343. The molecule has 0 heterocycles. The second-order valence-electron chi connectivity index (χ2n) is 5.79. The maximum atomic E-state index is 12.1. The highest BCUT2D eigenvalue weighted by Crippen LogP contribution is 2.21. The van der Waals surface area contributed by atoms with Crippen LogP contribution in [0, 0.1) is 11.3 Å². The van der Waals surface area contributed by atoms with Gasteiger partial charge in [0.25, 0.3) is 0 Å². The van der Waals surface area contributed by atoms with Crippen LogP contribution in [0.4, 0.5) is 4.79 Å². The molecule has 0 bridgehead atoms. The van der Waals surface area contributed by atoms with Crippen LogP contribution in [0.5, 0.6) is 0 Å². The summed E-state index contributed by atoms with van der Waals surface area (Å²) in [6.07, 6.45) is 3.21. The van der Waals surface area contributed by atoms with Gasteiger partial charge in [0.05, 0.1) is 6.07 Å². The molecule has 1 unspecified atom stereocenters. The van der Waals surface area contributed by atoms with Gasteiger partial charge in [0.1, 0.15) is 17.4 Å². The number of carbonyl (C=O) groups is 1. The first-order chi connectivity index (χ1) is 8.53. The van der Waals surface area contributed by atoms with Crippen molar-refractivity contribution < 1.29 is 14.6 Å². The molecule has 19 heavy (non-hydrogen) atoms. The fourth-order valence-corrected chi connectivity index (χ4v) is 1.52. The topological polar surface area (TPSA) is 73.6 Å². The largest absolute Gasteiger partial charge is 0.444 e. The van der Waals surface area contributed by atoms with Gasteiger partial charge in [0, 0.05) is 0 Å². The monoisotopic (exact) mass is 268 g/mol. The van der Waals surface area contributed by atoms with Crippen LogP contribution in [-0.2, 0) is 4.74 Å². The van der Waals surface area contributed by atoms with Gasteiger partial charge in [-0.25, -0.2) is 4.79 Å². The smallest absolute Gasteiger partial charge is 0.413 e. The summed E-state index contributed by atoms with van der Waals surface area (Å²) in [4.78, 5) is 13.2. The molecule has 0 aromatic heterocycles. The molecule has 0 aliphatic heterocycles. The maximum Gasteiger partial charge on any atom is 0.413 e. The number of nitrogens with zero attached hydrogens (tertiary/aromatic N) is 2. The predicted molar refractivity (Wildman–Crippen MR) is 73.2 cm³/mol. The average molecular weight is 268 g/mol. The summed E-state index contributed by atoms with van der Waals surface area (Å²) in [7, 11) is 0. The Morgan fingerprint density at radius 3 is 2.26 bits per heavy atom. The highest BCUT2D eigenvalue weighted by atomic mass is 16.6. The number of ether oxygens (including phenoxy) is 1. The van der Waals surface area contributed by atoms with E-state index in [1.54, 1.807) is 32.9 Å². The van der Waals surface area contributed by atoms with Gasteiger partial charge in [-0.15, -0.1) is 0 Å². The third kappa shape index (κ3) is 6.25. The third-order valence-corrected chi connectivity index (χ3v) is 2.24. The van der Waals surface area contributed by atoms with Crippen molar-refractivity contribution in [1.82, 2.24) is 4.90 Å². The summed E-state index contributed by atoms with van der Waals surface area (Å²) < 4.78 is 5.24. The summed E-state index contributed by atoms with van der Waals surface area (Å²) >= 11 is 0. The van der Waals surface area contributed by atoms with Crippen LogP contribution in [0.1, 0.15) is 48.0 Å². The van der Waals surface area contributed by atoms with Crippen molar-refractivity contribution in [2.24, 2.45) is 0 Å². The van der Waals surface area contributed by atoms with E-state index in [9.17, 15) is 15.2 Å². The quantitative estimate of drug-likeness (QED) is 0.628. The van der Waals surface area contributed by atoms with Crippen LogP contribution < -0.4 is 0 Å². The van der Waals surface area contributed by atoms with Gasteiger partial charge < -0.3 is 9.84 Å². The predicted octanol–water partition coefficient (Wildman–Crippen LogP) is 2.81. The Hall–Kier alpha value is -1.54.